The number of primary amides is 1. The van der Waals surface area contributed by atoms with E-state index in [9.17, 15) is 4.79 Å². The standard InChI is InChI=1S/C10H19N3O3/c11-10(14)9-7-13(2-4-16-9)6-8-5-12-1-3-15-8/h8-9,12H,1-7H2,(H2,11,14)/t8-,9?/m0/s1. The van der Waals surface area contributed by atoms with Gasteiger partial charge in [0.15, 0.2) is 0 Å². The van der Waals surface area contributed by atoms with Gasteiger partial charge in [-0.1, -0.05) is 0 Å². The van der Waals surface area contributed by atoms with E-state index in [4.69, 9.17) is 15.2 Å². The third-order valence-electron chi connectivity index (χ3n) is 2.93. The molecule has 92 valence electrons. The highest BCUT2D eigenvalue weighted by atomic mass is 16.5. The topological polar surface area (TPSA) is 76.8 Å². The first-order valence-electron chi connectivity index (χ1n) is 5.71. The van der Waals surface area contributed by atoms with E-state index in [2.05, 4.69) is 10.2 Å². The molecule has 3 N–H and O–H groups in total. The normalized spacial score (nSPS) is 32.5. The molecular weight excluding hydrogens is 210 g/mol. The summed E-state index contributed by atoms with van der Waals surface area (Å²) >= 11 is 0. The number of ether oxygens (including phenoxy) is 2. The lowest BCUT2D eigenvalue weighted by Crippen LogP contribution is -2.52. The second-order valence-corrected chi connectivity index (χ2v) is 4.22. The molecule has 1 unspecified atom stereocenters. The van der Waals surface area contributed by atoms with Crippen molar-refractivity contribution in [1.29, 1.82) is 0 Å². The summed E-state index contributed by atoms with van der Waals surface area (Å²) in [6.45, 7) is 5.36. The maximum atomic E-state index is 11.0. The lowest BCUT2D eigenvalue weighted by molar-refractivity contribution is -0.136. The molecule has 2 heterocycles. The number of morpholine rings is 2. The number of nitrogens with zero attached hydrogens (tertiary/aromatic N) is 1. The summed E-state index contributed by atoms with van der Waals surface area (Å²) in [6.07, 6.45) is -0.259. The quantitative estimate of drug-likeness (QED) is 0.595. The van der Waals surface area contributed by atoms with Gasteiger partial charge in [-0.15, -0.1) is 0 Å². The number of nitrogens with two attached hydrogens (primary N) is 1. The Kier molecular flexibility index (Phi) is 4.11. The van der Waals surface area contributed by atoms with Crippen LogP contribution >= 0.6 is 0 Å². The molecular formula is C10H19N3O3. The van der Waals surface area contributed by atoms with Gasteiger partial charge in [-0.2, -0.15) is 0 Å². The first-order valence-corrected chi connectivity index (χ1v) is 5.71. The molecule has 0 aliphatic carbocycles. The molecule has 1 amide bonds. The fourth-order valence-corrected chi connectivity index (χ4v) is 2.07. The lowest BCUT2D eigenvalue weighted by Gasteiger charge is -2.35. The third kappa shape index (κ3) is 3.15. The molecule has 16 heavy (non-hydrogen) atoms. The van der Waals surface area contributed by atoms with Gasteiger partial charge in [0.25, 0.3) is 0 Å². The SMILES string of the molecule is NC(=O)C1CN(C[C@@H]2CNCCO2)CCO1. The number of amides is 1. The molecule has 2 rings (SSSR count). The van der Waals surface area contributed by atoms with E-state index in [0.29, 0.717) is 13.2 Å². The first kappa shape index (κ1) is 11.8. The largest absolute Gasteiger partial charge is 0.374 e. The summed E-state index contributed by atoms with van der Waals surface area (Å²) in [4.78, 5) is 13.2. The van der Waals surface area contributed by atoms with Crippen molar-refractivity contribution in [3.05, 3.63) is 0 Å². The van der Waals surface area contributed by atoms with Crippen molar-refractivity contribution in [2.24, 2.45) is 5.73 Å². The second-order valence-electron chi connectivity index (χ2n) is 4.22. The average Bonchev–Trinajstić information content (AvgIpc) is 2.30. The highest BCUT2D eigenvalue weighted by Crippen LogP contribution is 2.07. The zero-order valence-corrected chi connectivity index (χ0v) is 9.35. The van der Waals surface area contributed by atoms with E-state index in [0.717, 1.165) is 32.8 Å². The van der Waals surface area contributed by atoms with Crippen LogP contribution in [0.25, 0.3) is 0 Å². The van der Waals surface area contributed by atoms with Crippen molar-refractivity contribution in [2.45, 2.75) is 12.2 Å². The Labute approximate surface area is 95.1 Å². The monoisotopic (exact) mass is 229 g/mol. The Hall–Kier alpha value is -0.690. The Morgan fingerprint density at radius 1 is 1.44 bits per heavy atom. The Morgan fingerprint density at radius 3 is 3.00 bits per heavy atom. The van der Waals surface area contributed by atoms with Crippen LogP contribution < -0.4 is 11.1 Å². The molecule has 2 atom stereocenters. The highest BCUT2D eigenvalue weighted by Gasteiger charge is 2.26. The summed E-state index contributed by atoms with van der Waals surface area (Å²) < 4.78 is 10.9. The van der Waals surface area contributed by atoms with E-state index < -0.39 is 6.10 Å². The summed E-state index contributed by atoms with van der Waals surface area (Å²) in [5.74, 6) is -0.382. The maximum absolute atomic E-state index is 11.0. The van der Waals surface area contributed by atoms with Crippen molar-refractivity contribution in [2.75, 3.05) is 45.9 Å². The molecule has 2 aliphatic heterocycles. The van der Waals surface area contributed by atoms with E-state index >= 15 is 0 Å². The minimum Gasteiger partial charge on any atom is -0.374 e. The van der Waals surface area contributed by atoms with Crippen LogP contribution in [0, 0.1) is 0 Å². The molecule has 0 aromatic rings. The van der Waals surface area contributed by atoms with E-state index in [-0.39, 0.29) is 12.0 Å². The fourth-order valence-electron chi connectivity index (χ4n) is 2.07. The van der Waals surface area contributed by atoms with Gasteiger partial charge in [0.2, 0.25) is 5.91 Å². The van der Waals surface area contributed by atoms with Crippen LogP contribution in [0.15, 0.2) is 0 Å². The molecule has 0 saturated carbocycles. The molecule has 0 radical (unpaired) electrons. The molecule has 0 spiro atoms. The van der Waals surface area contributed by atoms with Crippen LogP contribution in [0.4, 0.5) is 0 Å². The van der Waals surface area contributed by atoms with Crippen LogP contribution in [0.3, 0.4) is 0 Å². The molecule has 2 aliphatic rings. The fraction of sp³-hybridized carbons (Fsp3) is 0.900. The van der Waals surface area contributed by atoms with Gasteiger partial charge in [0.05, 0.1) is 19.3 Å². The van der Waals surface area contributed by atoms with Gasteiger partial charge in [-0.05, 0) is 0 Å². The number of hydrogen-bond donors (Lipinski definition) is 2. The van der Waals surface area contributed by atoms with Gasteiger partial charge in [0, 0.05) is 32.7 Å². The zero-order valence-electron chi connectivity index (χ0n) is 9.35. The molecule has 6 nitrogen and oxygen atoms in total. The molecule has 6 heteroatoms. The number of carbonyl (C=O) groups excluding carboxylic acids is 1. The first-order chi connectivity index (χ1) is 7.75. The van der Waals surface area contributed by atoms with Crippen LogP contribution in [-0.4, -0.2) is 69.0 Å². The number of hydrogen-bond acceptors (Lipinski definition) is 5. The Morgan fingerprint density at radius 2 is 2.31 bits per heavy atom. The molecule has 0 aromatic carbocycles. The summed E-state index contributed by atoms with van der Waals surface area (Å²) in [5.41, 5.74) is 5.23. The average molecular weight is 229 g/mol. The Balaban J connectivity index is 1.78. The maximum Gasteiger partial charge on any atom is 0.247 e. The summed E-state index contributed by atoms with van der Waals surface area (Å²) in [6, 6.07) is 0. The molecule has 0 aromatic heterocycles. The smallest absolute Gasteiger partial charge is 0.247 e. The van der Waals surface area contributed by atoms with Gasteiger partial charge < -0.3 is 20.5 Å². The number of carbonyl (C=O) groups is 1. The van der Waals surface area contributed by atoms with Crippen LogP contribution in [0.5, 0.6) is 0 Å². The number of nitrogens with one attached hydrogen (secondary N) is 1. The lowest BCUT2D eigenvalue weighted by atomic mass is 10.2. The van der Waals surface area contributed by atoms with Gasteiger partial charge in [-0.3, -0.25) is 9.69 Å². The van der Waals surface area contributed by atoms with Crippen molar-refractivity contribution in [3.8, 4) is 0 Å². The van der Waals surface area contributed by atoms with Gasteiger partial charge in [0.1, 0.15) is 6.10 Å². The second kappa shape index (κ2) is 5.58. The van der Waals surface area contributed by atoms with Crippen LogP contribution in [-0.2, 0) is 14.3 Å². The van der Waals surface area contributed by atoms with E-state index in [1.54, 1.807) is 0 Å². The van der Waals surface area contributed by atoms with Gasteiger partial charge >= 0.3 is 0 Å². The van der Waals surface area contributed by atoms with Crippen LogP contribution in [0.2, 0.25) is 0 Å². The van der Waals surface area contributed by atoms with Crippen LogP contribution in [0.1, 0.15) is 0 Å². The summed E-state index contributed by atoms with van der Waals surface area (Å²) in [5, 5.41) is 3.28. The van der Waals surface area contributed by atoms with Crippen molar-refractivity contribution in [3.63, 3.8) is 0 Å². The molecule has 0 bridgehead atoms. The van der Waals surface area contributed by atoms with E-state index in [1.807, 2.05) is 0 Å². The van der Waals surface area contributed by atoms with Crippen molar-refractivity contribution < 1.29 is 14.3 Å². The summed E-state index contributed by atoms with van der Waals surface area (Å²) in [7, 11) is 0. The molecule has 2 fully saturated rings. The predicted molar refractivity (Wildman–Crippen MR) is 58.0 cm³/mol. The number of rotatable bonds is 3. The van der Waals surface area contributed by atoms with Crippen molar-refractivity contribution in [1.82, 2.24) is 10.2 Å². The van der Waals surface area contributed by atoms with Crippen molar-refractivity contribution >= 4 is 5.91 Å². The molecule has 2 saturated heterocycles. The zero-order chi connectivity index (χ0) is 11.4. The third-order valence-corrected chi connectivity index (χ3v) is 2.93. The predicted octanol–water partition coefficient (Wildman–Crippen LogP) is -1.84. The highest BCUT2D eigenvalue weighted by molar-refractivity contribution is 5.79. The minimum absolute atomic E-state index is 0.209. The van der Waals surface area contributed by atoms with E-state index in [1.165, 1.54) is 0 Å². The Bertz CT molecular complexity index is 243. The van der Waals surface area contributed by atoms with Gasteiger partial charge in [-0.25, -0.2) is 0 Å². The minimum atomic E-state index is -0.467.